The molecule has 3 fully saturated rings. The van der Waals surface area contributed by atoms with E-state index in [4.69, 9.17) is 54.0 Å². The summed E-state index contributed by atoms with van der Waals surface area (Å²) < 4.78 is 67.8. The first-order valence-corrected chi connectivity index (χ1v) is 68.6. The minimum Gasteiger partial charge on any atom is -0.382 e. The third-order valence-corrected chi connectivity index (χ3v) is 58.6. The molecule has 3 saturated carbocycles. The predicted molar refractivity (Wildman–Crippen MR) is 514 cm³/mol. The van der Waals surface area contributed by atoms with Gasteiger partial charge in [0.15, 0.2) is 0 Å². The minimum absolute atomic E-state index is 0.802. The minimum atomic E-state index is -2.48. The molecule has 3 aliphatic carbocycles. The van der Waals surface area contributed by atoms with Crippen molar-refractivity contribution in [2.24, 2.45) is 0 Å². The fourth-order valence-corrected chi connectivity index (χ4v) is 48.4. The topological polar surface area (TPSA) is 111 Å². The maximum absolute atomic E-state index is 5.85. The van der Waals surface area contributed by atoms with Gasteiger partial charge in [0.2, 0.25) is 0 Å². The Morgan fingerprint density at radius 3 is 0.611 bits per heavy atom. The van der Waals surface area contributed by atoms with Gasteiger partial charge in [-0.25, -0.2) is 0 Å². The van der Waals surface area contributed by atoms with Crippen LogP contribution < -0.4 is 0 Å². The second kappa shape index (κ2) is 75.9. The van der Waals surface area contributed by atoms with Crippen LogP contribution >= 0.6 is 106 Å². The summed E-state index contributed by atoms with van der Waals surface area (Å²) in [5, 5.41) is 2.96. The lowest BCUT2D eigenvalue weighted by atomic mass is 10.0. The maximum atomic E-state index is 5.85. The second-order valence-corrected chi connectivity index (χ2v) is 65.9. The molecule has 108 heavy (non-hydrogen) atoms. The molecular weight excluding hydrogens is 1620 g/mol. The zero-order chi connectivity index (χ0) is 79.1. The zero-order valence-electron chi connectivity index (χ0n) is 72.9. The average Bonchev–Trinajstić information content (AvgIpc) is 0.869. The SMILES string of the molecule is CCOCCC[Si](CCCSC)(CCCSC)CCCSC.CCOCCC[Si](CCCSC1CCCCC1)(CCCSC1CCCCC1)CCCSC1CCCCC1.CCOCCC[Si](CCCSCCC[Si](OC)(OC)OC)(CCCSCCC[Si](OC)(OC)OC)CCCSCCC[Si](OC)(OC)OC. The Hall–Kier alpha value is 3.97. The lowest BCUT2D eigenvalue weighted by molar-refractivity contribution is 0.123. The van der Waals surface area contributed by atoms with Crippen LogP contribution in [0, 0.1) is 0 Å². The summed E-state index contributed by atoms with van der Waals surface area (Å²) in [5.74, 6) is 15.4. The largest absolute Gasteiger partial charge is 0.500 e. The predicted octanol–water partition coefficient (Wildman–Crippen LogP) is 25.4. The van der Waals surface area contributed by atoms with Crippen molar-refractivity contribution in [3.63, 3.8) is 0 Å². The van der Waals surface area contributed by atoms with Crippen molar-refractivity contribution in [2.45, 2.75) is 320 Å². The van der Waals surface area contributed by atoms with Crippen molar-refractivity contribution in [3.05, 3.63) is 0 Å². The van der Waals surface area contributed by atoms with E-state index in [2.05, 4.69) is 110 Å². The maximum Gasteiger partial charge on any atom is 0.500 e. The Bertz CT molecular complexity index is 1700. The van der Waals surface area contributed by atoms with Crippen molar-refractivity contribution in [1.82, 2.24) is 0 Å². The molecule has 0 radical (unpaired) electrons. The van der Waals surface area contributed by atoms with E-state index in [-0.39, 0.29) is 0 Å². The number of ether oxygens (including phenoxy) is 3. The van der Waals surface area contributed by atoms with Crippen LogP contribution in [0.25, 0.3) is 0 Å². The quantitative estimate of drug-likeness (QED) is 0.0425. The zero-order valence-corrected chi connectivity index (χ0v) is 86.2. The molecule has 0 unspecified atom stereocenters. The van der Waals surface area contributed by atoms with E-state index in [1.165, 1.54) is 255 Å². The van der Waals surface area contributed by atoms with Crippen LogP contribution in [0.2, 0.25) is 90.7 Å². The highest BCUT2D eigenvalue weighted by Crippen LogP contribution is 2.40. The van der Waals surface area contributed by atoms with Gasteiger partial charge in [0, 0.05) is 138 Å². The molecule has 12 nitrogen and oxygen atoms in total. The van der Waals surface area contributed by atoms with E-state index in [9.17, 15) is 0 Å². The van der Waals surface area contributed by atoms with Crippen LogP contribution in [0.3, 0.4) is 0 Å². The van der Waals surface area contributed by atoms with Crippen LogP contribution in [-0.4, -0.2) is 258 Å². The van der Waals surface area contributed by atoms with Gasteiger partial charge in [0.25, 0.3) is 0 Å². The monoisotopic (exact) mass is 1790 g/mol. The molecule has 0 amide bonds. The van der Waals surface area contributed by atoms with E-state index in [0.29, 0.717) is 0 Å². The Kier molecular flexibility index (Phi) is 77.3. The third kappa shape index (κ3) is 55.1. The van der Waals surface area contributed by atoms with Gasteiger partial charge < -0.3 is 54.0 Å². The lowest BCUT2D eigenvalue weighted by Gasteiger charge is -2.33. The first-order chi connectivity index (χ1) is 52.8. The standard InChI is InChI=1S/C32H74O10S3Si4.C32H62OS3Si.C17H38OS3Si/c1-11-42-19-12-26-46(27-13-20-43-23-16-30-47(33-2,34-3)35-4,28-14-21-44-24-17-31-48(36-5,37-6)38-7)29-15-22-45-25-18-32-49(39-8,40-9)41-10;1-2-33-22-12-26-37(27-13-23-34-30-16-6-3-7-17-30,28-14-24-35-31-18-8-4-9-19-31)29-15-25-36-32-20-10-5-11-21-32;1-5-18-10-6-14-22(15-7-11-19-2,16-8-12-20-3)17-9-13-21-4/h11-32H2,1-10H3;30-32H,2-29H2,1H3;5-17H2,1-4H3. The molecule has 3 rings (SSSR count). The van der Waals surface area contributed by atoms with Crippen molar-refractivity contribution in [3.8, 4) is 0 Å². The molecule has 0 aromatic rings. The molecule has 648 valence electrons. The fourth-order valence-electron chi connectivity index (χ4n) is 16.7. The molecule has 3 aliphatic rings. The Labute approximate surface area is 715 Å². The summed E-state index contributed by atoms with van der Waals surface area (Å²) in [6.45, 7) is 11.8. The summed E-state index contributed by atoms with van der Waals surface area (Å²) in [6, 6.07) is 20.8. The van der Waals surface area contributed by atoms with Gasteiger partial charge >= 0.3 is 26.4 Å². The van der Waals surface area contributed by atoms with Gasteiger partial charge in [-0.2, -0.15) is 106 Å². The van der Waals surface area contributed by atoms with Crippen LogP contribution in [0.1, 0.15) is 213 Å². The Balaban J connectivity index is 0.000000868. The molecule has 0 bridgehead atoms. The fraction of sp³-hybridized carbons (Fsp3) is 1.00. The molecule has 0 aliphatic heterocycles. The second-order valence-electron chi connectivity index (χ2n) is 30.7. The van der Waals surface area contributed by atoms with E-state index in [1.807, 2.05) is 35.3 Å². The van der Waals surface area contributed by atoms with E-state index in [1.54, 1.807) is 106 Å². The summed E-state index contributed by atoms with van der Waals surface area (Å²) in [4.78, 5) is 0. The molecule has 0 aromatic heterocycles. The Morgan fingerprint density at radius 1 is 0.231 bits per heavy atom. The van der Waals surface area contributed by atoms with Gasteiger partial charge in [-0.05, 0) is 243 Å². The number of hydrogen-bond donors (Lipinski definition) is 0. The van der Waals surface area contributed by atoms with Gasteiger partial charge in [-0.1, -0.05) is 130 Å². The first-order valence-electron chi connectivity index (χ1n) is 43.5. The molecule has 0 saturated heterocycles. The van der Waals surface area contributed by atoms with Gasteiger partial charge in [0.05, 0.1) is 24.2 Å². The highest BCUT2D eigenvalue weighted by atomic mass is 32.2. The van der Waals surface area contributed by atoms with Gasteiger partial charge in [-0.15, -0.1) is 0 Å². The van der Waals surface area contributed by atoms with E-state index >= 15 is 0 Å². The molecule has 0 N–H and O–H groups in total. The molecule has 27 heteroatoms. The van der Waals surface area contributed by atoms with Crippen molar-refractivity contribution >= 4 is 156 Å². The lowest BCUT2D eigenvalue weighted by Crippen LogP contribution is -2.42. The highest BCUT2D eigenvalue weighted by molar-refractivity contribution is 8.01. The number of hydrogen-bond acceptors (Lipinski definition) is 21. The van der Waals surface area contributed by atoms with Crippen LogP contribution in [0.15, 0.2) is 0 Å². The van der Waals surface area contributed by atoms with E-state index < -0.39 is 50.6 Å². The third-order valence-electron chi connectivity index (χ3n) is 23.1. The van der Waals surface area contributed by atoms with E-state index in [0.717, 1.165) is 110 Å². The number of thioether (sulfide) groups is 9. The van der Waals surface area contributed by atoms with Crippen molar-refractivity contribution in [2.75, 3.05) is 191 Å². The average molecular weight is 1800 g/mol. The van der Waals surface area contributed by atoms with Crippen molar-refractivity contribution < 1.29 is 54.0 Å². The van der Waals surface area contributed by atoms with Crippen LogP contribution in [-0.2, 0) is 54.0 Å². The van der Waals surface area contributed by atoms with Crippen LogP contribution in [0.5, 0.6) is 0 Å². The molecule has 0 spiro atoms. The molecular formula is C81H174O12S9Si6. The summed E-state index contributed by atoms with van der Waals surface area (Å²) in [7, 11) is 4.08. The van der Waals surface area contributed by atoms with Crippen molar-refractivity contribution in [1.29, 1.82) is 0 Å². The molecule has 0 atom stereocenters. The molecule has 0 aromatic carbocycles. The smallest absolute Gasteiger partial charge is 0.382 e. The number of rotatable bonds is 75. The van der Waals surface area contributed by atoms with Gasteiger partial charge in [-0.3, -0.25) is 0 Å². The van der Waals surface area contributed by atoms with Crippen LogP contribution in [0.4, 0.5) is 0 Å². The summed E-state index contributed by atoms with van der Waals surface area (Å²) >= 11 is 19.4. The normalized spacial score (nSPS) is 15.6. The molecule has 0 heterocycles. The summed E-state index contributed by atoms with van der Waals surface area (Å²) in [5.41, 5.74) is 0. The first kappa shape index (κ1) is 110. The Morgan fingerprint density at radius 2 is 0.417 bits per heavy atom. The summed E-state index contributed by atoms with van der Waals surface area (Å²) in [6.07, 6.45) is 49.0. The highest BCUT2D eigenvalue weighted by Gasteiger charge is 2.40. The van der Waals surface area contributed by atoms with Gasteiger partial charge in [0.1, 0.15) is 0 Å².